The number of nitrogens with zero attached hydrogens (tertiary/aromatic N) is 2. The van der Waals surface area contributed by atoms with E-state index in [1.54, 1.807) is 0 Å². The summed E-state index contributed by atoms with van der Waals surface area (Å²) in [5.74, 6) is -11.1. The summed E-state index contributed by atoms with van der Waals surface area (Å²) in [7, 11) is 0. The van der Waals surface area contributed by atoms with Crippen molar-refractivity contribution in [1.29, 1.82) is 0 Å². The second-order valence-electron chi connectivity index (χ2n) is 2.67. The Morgan fingerprint density at radius 2 is 1.50 bits per heavy atom. The van der Waals surface area contributed by atoms with Crippen LogP contribution in [-0.4, -0.2) is 37.9 Å². The minimum atomic E-state index is -4.33. The van der Waals surface area contributed by atoms with E-state index in [1.807, 2.05) is 0 Å². The Hall–Kier alpha value is -2.33. The van der Waals surface area contributed by atoms with Gasteiger partial charge in [-0.15, -0.1) is 0 Å². The van der Waals surface area contributed by atoms with Crippen LogP contribution in [0.3, 0.4) is 0 Å². The Bertz CT molecular complexity index is 326. The van der Waals surface area contributed by atoms with E-state index in [4.69, 9.17) is 10.2 Å². The molecule has 0 aliphatic rings. The summed E-state index contributed by atoms with van der Waals surface area (Å²) in [6, 6.07) is 0. The number of nitro groups is 2. The second kappa shape index (κ2) is 4.46. The number of halogens is 1. The Kier molecular flexibility index (Phi) is 3.81. The summed E-state index contributed by atoms with van der Waals surface area (Å²) in [6.45, 7) is 0. The van der Waals surface area contributed by atoms with E-state index >= 15 is 0 Å². The molecule has 10 nitrogen and oxygen atoms in total. The zero-order valence-corrected chi connectivity index (χ0v) is 7.40. The normalized spacial score (nSPS) is 11.1. The van der Waals surface area contributed by atoms with Crippen LogP contribution in [0.4, 0.5) is 4.39 Å². The van der Waals surface area contributed by atoms with Gasteiger partial charge in [0, 0.05) is 0 Å². The van der Waals surface area contributed by atoms with E-state index in [1.165, 1.54) is 0 Å². The highest BCUT2D eigenvalue weighted by Gasteiger charge is 2.61. The summed E-state index contributed by atoms with van der Waals surface area (Å²) in [5, 5.41) is 36.6. The molecule has 0 aromatic heterocycles. The summed E-state index contributed by atoms with van der Waals surface area (Å²) in [5.41, 5.74) is 0. The molecule has 0 aliphatic heterocycles. The molecule has 0 spiro atoms. The van der Waals surface area contributed by atoms with Crippen molar-refractivity contribution in [2.75, 3.05) is 0 Å². The van der Waals surface area contributed by atoms with Gasteiger partial charge in [0.05, 0.1) is 0 Å². The zero-order valence-electron chi connectivity index (χ0n) is 7.40. The van der Waals surface area contributed by atoms with E-state index < -0.39 is 40.0 Å². The molecule has 0 fully saturated rings. The van der Waals surface area contributed by atoms with Crippen LogP contribution >= 0.6 is 0 Å². The quantitative estimate of drug-likeness (QED) is 0.203. The monoisotopic (exact) mass is 240 g/mol. The fourth-order valence-electron chi connectivity index (χ4n) is 0.756. The molecule has 0 bridgehead atoms. The number of hydrogen-bond acceptors (Lipinski definition) is 6. The SMILES string of the molecule is O=C(O)C(CC(F)([N+](=O)[O-])[N+](=O)[O-])C(=O)O. The van der Waals surface area contributed by atoms with Gasteiger partial charge in [-0.1, -0.05) is 4.39 Å². The number of carbonyl (C=O) groups is 2. The molecular formula is C5H5FN2O8. The van der Waals surface area contributed by atoms with Gasteiger partial charge < -0.3 is 10.2 Å². The van der Waals surface area contributed by atoms with Crippen molar-refractivity contribution in [3.63, 3.8) is 0 Å². The van der Waals surface area contributed by atoms with E-state index in [9.17, 15) is 34.2 Å². The lowest BCUT2D eigenvalue weighted by Gasteiger charge is -2.10. The Morgan fingerprint density at radius 3 is 1.69 bits per heavy atom. The molecule has 90 valence electrons. The lowest BCUT2D eigenvalue weighted by molar-refractivity contribution is -0.832. The van der Waals surface area contributed by atoms with Crippen LogP contribution in [0.5, 0.6) is 0 Å². The van der Waals surface area contributed by atoms with Gasteiger partial charge in [-0.2, -0.15) is 0 Å². The molecule has 0 amide bonds. The first-order valence-corrected chi connectivity index (χ1v) is 3.56. The minimum Gasteiger partial charge on any atom is -0.481 e. The Morgan fingerprint density at radius 1 is 1.19 bits per heavy atom. The topological polar surface area (TPSA) is 161 Å². The number of carboxylic acid groups (broad SMARTS) is 2. The van der Waals surface area contributed by atoms with E-state index in [0.717, 1.165) is 0 Å². The van der Waals surface area contributed by atoms with Gasteiger partial charge >= 0.3 is 17.9 Å². The molecule has 0 saturated carbocycles. The summed E-state index contributed by atoms with van der Waals surface area (Å²) >= 11 is 0. The van der Waals surface area contributed by atoms with Gasteiger partial charge in [0.15, 0.2) is 12.3 Å². The first-order chi connectivity index (χ1) is 7.12. The van der Waals surface area contributed by atoms with Crippen LogP contribution in [0.2, 0.25) is 0 Å². The maximum absolute atomic E-state index is 13.1. The minimum absolute atomic E-state index is 1.89. The van der Waals surface area contributed by atoms with Crippen molar-refractivity contribution >= 4 is 11.9 Å². The summed E-state index contributed by atoms with van der Waals surface area (Å²) in [6.07, 6.45) is -1.89. The number of rotatable bonds is 6. The predicted octanol–water partition coefficient (Wildman–Crippen LogP) is -0.661. The van der Waals surface area contributed by atoms with E-state index in [2.05, 4.69) is 0 Å². The number of alkyl halides is 1. The molecule has 0 rings (SSSR count). The van der Waals surface area contributed by atoms with Gasteiger partial charge in [-0.25, -0.2) is 0 Å². The molecule has 0 aromatic carbocycles. The third-order valence-electron chi connectivity index (χ3n) is 1.62. The van der Waals surface area contributed by atoms with Crippen LogP contribution < -0.4 is 0 Å². The van der Waals surface area contributed by atoms with Gasteiger partial charge in [0.25, 0.3) is 0 Å². The molecule has 11 heteroatoms. The van der Waals surface area contributed by atoms with Gasteiger partial charge in [-0.3, -0.25) is 29.8 Å². The first kappa shape index (κ1) is 13.7. The Labute approximate surface area is 85.6 Å². The maximum Gasteiger partial charge on any atom is 0.615 e. The largest absolute Gasteiger partial charge is 0.615 e. The standard InChI is InChI=1S/C5H5FN2O8/c6-5(7(13)14,8(15)16)1-2(3(9)10)4(11)12/h2H,1H2,(H,9,10)(H,11,12). The third-order valence-corrected chi connectivity index (χ3v) is 1.62. The molecule has 0 aromatic rings. The van der Waals surface area contributed by atoms with Crippen molar-refractivity contribution < 1.29 is 34.0 Å². The average Bonchev–Trinajstić information content (AvgIpc) is 2.11. The lowest BCUT2D eigenvalue weighted by atomic mass is 10.0. The van der Waals surface area contributed by atoms with Gasteiger partial charge in [0.1, 0.15) is 9.85 Å². The molecule has 0 atom stereocenters. The van der Waals surface area contributed by atoms with Gasteiger partial charge in [0.2, 0.25) is 0 Å². The summed E-state index contributed by atoms with van der Waals surface area (Å²) in [4.78, 5) is 36.7. The highest BCUT2D eigenvalue weighted by Crippen LogP contribution is 2.23. The molecule has 0 unspecified atom stereocenters. The van der Waals surface area contributed by atoms with Crippen LogP contribution in [0.25, 0.3) is 0 Å². The molecule has 0 saturated heterocycles. The maximum atomic E-state index is 13.1. The van der Waals surface area contributed by atoms with Crippen LogP contribution in [0.15, 0.2) is 0 Å². The second-order valence-corrected chi connectivity index (χ2v) is 2.67. The molecule has 0 aliphatic carbocycles. The smallest absolute Gasteiger partial charge is 0.481 e. The Balaban J connectivity index is 5.16. The lowest BCUT2D eigenvalue weighted by Crippen LogP contribution is -2.46. The fourth-order valence-corrected chi connectivity index (χ4v) is 0.756. The highest BCUT2D eigenvalue weighted by molar-refractivity contribution is 5.92. The molecule has 0 heterocycles. The molecular weight excluding hydrogens is 235 g/mol. The number of aliphatic carboxylic acids is 2. The van der Waals surface area contributed by atoms with Crippen molar-refractivity contribution in [2.45, 2.75) is 12.3 Å². The van der Waals surface area contributed by atoms with Crippen molar-refractivity contribution in [1.82, 2.24) is 0 Å². The third kappa shape index (κ3) is 2.59. The van der Waals surface area contributed by atoms with Gasteiger partial charge in [-0.05, 0) is 0 Å². The van der Waals surface area contributed by atoms with Crippen LogP contribution in [0.1, 0.15) is 6.42 Å². The summed E-state index contributed by atoms with van der Waals surface area (Å²) < 4.78 is 13.1. The number of hydrogen-bond donors (Lipinski definition) is 2. The molecule has 2 N–H and O–H groups in total. The fraction of sp³-hybridized carbons (Fsp3) is 0.600. The predicted molar refractivity (Wildman–Crippen MR) is 41.2 cm³/mol. The number of carboxylic acids is 2. The van der Waals surface area contributed by atoms with E-state index in [0.29, 0.717) is 0 Å². The van der Waals surface area contributed by atoms with Crippen LogP contribution in [-0.2, 0) is 9.59 Å². The molecule has 0 radical (unpaired) electrons. The van der Waals surface area contributed by atoms with Crippen LogP contribution in [0, 0.1) is 26.1 Å². The van der Waals surface area contributed by atoms with E-state index in [-0.39, 0.29) is 0 Å². The van der Waals surface area contributed by atoms with Crippen molar-refractivity contribution in [2.24, 2.45) is 5.92 Å². The zero-order chi connectivity index (χ0) is 13.1. The van der Waals surface area contributed by atoms with Crippen molar-refractivity contribution in [3.05, 3.63) is 20.2 Å². The van der Waals surface area contributed by atoms with Crippen molar-refractivity contribution in [3.8, 4) is 0 Å². The first-order valence-electron chi connectivity index (χ1n) is 3.56. The molecule has 16 heavy (non-hydrogen) atoms. The average molecular weight is 240 g/mol. The highest BCUT2D eigenvalue weighted by atomic mass is 19.2.